The molecule has 0 radical (unpaired) electrons. The zero-order valence-electron chi connectivity index (χ0n) is 15.9. The first-order chi connectivity index (χ1) is 13.2. The van der Waals surface area contributed by atoms with Crippen LogP contribution in [0.1, 0.15) is 49.7 Å². The van der Waals surface area contributed by atoms with Crippen LogP contribution >= 0.6 is 23.5 Å². The fraction of sp³-hybridized carbons (Fsp3) is 0.667. The lowest BCUT2D eigenvalue weighted by molar-refractivity contribution is -0.137. The van der Waals surface area contributed by atoms with Gasteiger partial charge in [-0.25, -0.2) is 0 Å². The number of rotatable bonds is 11. The van der Waals surface area contributed by atoms with Crippen LogP contribution in [0.15, 0.2) is 18.2 Å². The van der Waals surface area contributed by atoms with Gasteiger partial charge in [0.25, 0.3) is 0 Å². The number of aryl methyl sites for hydroxylation is 1. The summed E-state index contributed by atoms with van der Waals surface area (Å²) in [5.74, 6) is 2.59. The number of benzene rings is 1. The van der Waals surface area contributed by atoms with E-state index in [4.69, 9.17) is 14.6 Å². The summed E-state index contributed by atoms with van der Waals surface area (Å²) in [7, 11) is 0. The number of unbranched alkanes of at least 4 members (excludes halogenated alkanes) is 1. The molecule has 1 fully saturated rings. The molecule has 2 unspecified atom stereocenters. The Kier molecular flexibility index (Phi) is 8.68. The molecule has 0 spiro atoms. The van der Waals surface area contributed by atoms with E-state index in [0.29, 0.717) is 11.7 Å². The number of fused-ring (bicyclic) bond motifs is 1. The molecule has 1 aliphatic heterocycles. The van der Waals surface area contributed by atoms with E-state index in [0.717, 1.165) is 43.3 Å². The minimum Gasteiger partial charge on any atom is -0.493 e. The van der Waals surface area contributed by atoms with Gasteiger partial charge in [0.05, 0.1) is 13.2 Å². The van der Waals surface area contributed by atoms with Gasteiger partial charge in [-0.2, -0.15) is 11.8 Å². The third-order valence-electron chi connectivity index (χ3n) is 5.00. The van der Waals surface area contributed by atoms with Gasteiger partial charge in [0, 0.05) is 17.4 Å². The molecule has 0 amide bonds. The number of thioether (sulfide) groups is 2. The van der Waals surface area contributed by atoms with Crippen molar-refractivity contribution in [1.82, 2.24) is 0 Å². The van der Waals surface area contributed by atoms with Gasteiger partial charge < -0.3 is 14.6 Å². The summed E-state index contributed by atoms with van der Waals surface area (Å²) < 4.78 is 11.7. The Labute approximate surface area is 170 Å². The molecule has 27 heavy (non-hydrogen) atoms. The van der Waals surface area contributed by atoms with Crippen molar-refractivity contribution in [1.29, 1.82) is 0 Å². The first kappa shape index (κ1) is 20.9. The molecule has 1 N–H and O–H groups in total. The molecule has 1 aromatic rings. The second-order valence-electron chi connectivity index (χ2n) is 7.18. The summed E-state index contributed by atoms with van der Waals surface area (Å²) in [5.41, 5.74) is 2.98. The summed E-state index contributed by atoms with van der Waals surface area (Å²) in [6.45, 7) is 1.56. The summed E-state index contributed by atoms with van der Waals surface area (Å²) >= 11 is 3.77. The SMILES string of the molecule is O=C(O)CCC1OCC(CSCCCCOc2cccc3c2CCCC3)S1. The molecule has 6 heteroatoms. The van der Waals surface area contributed by atoms with Gasteiger partial charge in [0.15, 0.2) is 0 Å². The monoisotopic (exact) mass is 410 g/mol. The van der Waals surface area contributed by atoms with Crippen molar-refractivity contribution in [3.05, 3.63) is 29.3 Å². The molecule has 1 aromatic carbocycles. The van der Waals surface area contributed by atoms with Gasteiger partial charge in [0.2, 0.25) is 0 Å². The van der Waals surface area contributed by atoms with Crippen LogP contribution in [0, 0.1) is 0 Å². The molecular weight excluding hydrogens is 380 g/mol. The van der Waals surface area contributed by atoms with Crippen LogP contribution < -0.4 is 4.74 Å². The fourth-order valence-electron chi connectivity index (χ4n) is 3.57. The van der Waals surface area contributed by atoms with Gasteiger partial charge in [0.1, 0.15) is 11.2 Å². The molecule has 0 aromatic heterocycles. The number of carboxylic acids is 1. The third kappa shape index (κ3) is 6.91. The maximum Gasteiger partial charge on any atom is 0.303 e. The first-order valence-electron chi connectivity index (χ1n) is 10.0. The van der Waals surface area contributed by atoms with E-state index in [9.17, 15) is 4.79 Å². The second-order valence-corrected chi connectivity index (χ2v) is 9.80. The summed E-state index contributed by atoms with van der Waals surface area (Å²) in [6.07, 6.45) is 8.01. The summed E-state index contributed by atoms with van der Waals surface area (Å²) in [5, 5.41) is 9.24. The molecule has 2 atom stereocenters. The molecule has 1 aliphatic carbocycles. The maximum atomic E-state index is 10.6. The largest absolute Gasteiger partial charge is 0.493 e. The Morgan fingerprint density at radius 1 is 1.30 bits per heavy atom. The highest BCUT2D eigenvalue weighted by Crippen LogP contribution is 2.33. The molecule has 0 saturated carbocycles. The van der Waals surface area contributed by atoms with Crippen LogP contribution in [0.3, 0.4) is 0 Å². The van der Waals surface area contributed by atoms with Crippen molar-refractivity contribution in [3.8, 4) is 5.75 Å². The average molecular weight is 411 g/mol. The minimum absolute atomic E-state index is 0.0666. The second kappa shape index (κ2) is 11.2. The lowest BCUT2D eigenvalue weighted by Crippen LogP contribution is -2.08. The van der Waals surface area contributed by atoms with E-state index in [2.05, 4.69) is 18.2 Å². The Bertz CT molecular complexity index is 608. The van der Waals surface area contributed by atoms with E-state index in [1.54, 1.807) is 11.8 Å². The van der Waals surface area contributed by atoms with Crippen molar-refractivity contribution in [2.24, 2.45) is 0 Å². The molecule has 3 rings (SSSR count). The molecule has 1 saturated heterocycles. The maximum absolute atomic E-state index is 10.6. The van der Waals surface area contributed by atoms with Crippen LogP contribution in [0.4, 0.5) is 0 Å². The Morgan fingerprint density at radius 3 is 3.07 bits per heavy atom. The highest BCUT2D eigenvalue weighted by Gasteiger charge is 2.26. The molecule has 150 valence electrons. The van der Waals surface area contributed by atoms with Gasteiger partial charge in [-0.05, 0) is 67.9 Å². The van der Waals surface area contributed by atoms with E-state index in [1.165, 1.54) is 36.8 Å². The smallest absolute Gasteiger partial charge is 0.303 e. The standard InChI is InChI=1S/C21H30O4S2/c22-20(23)10-11-21-25-14-17(27-21)15-26-13-4-3-12-24-19-9-5-7-16-6-1-2-8-18(16)19/h5,7,9,17,21H,1-4,6,8,10-15H2,(H,22,23). The van der Waals surface area contributed by atoms with Crippen LogP contribution in [0.2, 0.25) is 0 Å². The van der Waals surface area contributed by atoms with E-state index >= 15 is 0 Å². The molecule has 4 nitrogen and oxygen atoms in total. The number of hydrogen-bond acceptors (Lipinski definition) is 5. The van der Waals surface area contributed by atoms with Crippen molar-refractivity contribution < 1.29 is 19.4 Å². The van der Waals surface area contributed by atoms with Crippen LogP contribution in [0.25, 0.3) is 0 Å². The Hall–Kier alpha value is -0.850. The first-order valence-corrected chi connectivity index (χ1v) is 12.1. The van der Waals surface area contributed by atoms with E-state index in [-0.39, 0.29) is 11.9 Å². The number of aliphatic carboxylic acids is 1. The number of hydrogen-bond donors (Lipinski definition) is 1. The number of carbonyl (C=O) groups is 1. The van der Waals surface area contributed by atoms with Crippen LogP contribution in [-0.4, -0.2) is 46.5 Å². The Morgan fingerprint density at radius 2 is 2.19 bits per heavy atom. The summed E-state index contributed by atoms with van der Waals surface area (Å²) in [4.78, 5) is 10.6. The normalized spacial score (nSPS) is 21.8. The van der Waals surface area contributed by atoms with Crippen molar-refractivity contribution >= 4 is 29.5 Å². The summed E-state index contributed by atoms with van der Waals surface area (Å²) in [6, 6.07) is 6.49. The highest BCUT2D eigenvalue weighted by atomic mass is 32.2. The molecule has 2 aliphatic rings. The zero-order valence-corrected chi connectivity index (χ0v) is 17.5. The highest BCUT2D eigenvalue weighted by molar-refractivity contribution is 8.03. The quantitative estimate of drug-likeness (QED) is 0.530. The van der Waals surface area contributed by atoms with Crippen LogP contribution in [-0.2, 0) is 22.4 Å². The van der Waals surface area contributed by atoms with E-state index in [1.807, 2.05) is 11.8 Å². The average Bonchev–Trinajstić information content (AvgIpc) is 3.13. The topological polar surface area (TPSA) is 55.8 Å². The Balaban J connectivity index is 1.23. The molecule has 1 heterocycles. The number of ether oxygens (including phenoxy) is 2. The van der Waals surface area contributed by atoms with Crippen molar-refractivity contribution in [3.63, 3.8) is 0 Å². The van der Waals surface area contributed by atoms with Gasteiger partial charge in [-0.1, -0.05) is 12.1 Å². The lowest BCUT2D eigenvalue weighted by atomic mass is 9.91. The van der Waals surface area contributed by atoms with Gasteiger partial charge >= 0.3 is 5.97 Å². The van der Waals surface area contributed by atoms with E-state index < -0.39 is 5.97 Å². The van der Waals surface area contributed by atoms with Gasteiger partial charge in [-0.15, -0.1) is 11.8 Å². The zero-order chi connectivity index (χ0) is 18.9. The van der Waals surface area contributed by atoms with Gasteiger partial charge in [-0.3, -0.25) is 4.79 Å². The predicted molar refractivity (Wildman–Crippen MR) is 113 cm³/mol. The predicted octanol–water partition coefficient (Wildman–Crippen LogP) is 4.78. The lowest BCUT2D eigenvalue weighted by Gasteiger charge is -2.19. The van der Waals surface area contributed by atoms with Crippen molar-refractivity contribution in [2.45, 2.75) is 62.1 Å². The number of carboxylic acid groups (broad SMARTS) is 1. The third-order valence-corrected chi connectivity index (χ3v) is 7.79. The molecular formula is C21H30O4S2. The minimum atomic E-state index is -0.741. The van der Waals surface area contributed by atoms with Crippen LogP contribution in [0.5, 0.6) is 5.75 Å². The fourth-order valence-corrected chi connectivity index (χ4v) is 6.11. The van der Waals surface area contributed by atoms with Crippen molar-refractivity contribution in [2.75, 3.05) is 24.7 Å². The molecule has 0 bridgehead atoms.